The van der Waals surface area contributed by atoms with Gasteiger partial charge >= 0.3 is 6.18 Å². The molecule has 0 radical (unpaired) electrons. The molecule has 1 N–H and O–H groups in total. The third-order valence-electron chi connectivity index (χ3n) is 4.41. The minimum atomic E-state index is -4.29. The maximum absolute atomic E-state index is 12.5. The van der Waals surface area contributed by atoms with Crippen LogP contribution in [0.2, 0.25) is 0 Å². The molecule has 1 heterocycles. The molecule has 0 aliphatic heterocycles. The van der Waals surface area contributed by atoms with Gasteiger partial charge in [0.1, 0.15) is 5.03 Å². The first kappa shape index (κ1) is 18.1. The zero-order valence-corrected chi connectivity index (χ0v) is 14.0. The summed E-state index contributed by atoms with van der Waals surface area (Å²) in [5.74, 6) is -0.507. The number of rotatable bonds is 4. The number of alkyl halides is 3. The van der Waals surface area contributed by atoms with Crippen LogP contribution in [-0.2, 0) is 0 Å². The Bertz CT molecular complexity index is 550. The number of nitrogens with one attached hydrogen (secondary N) is 1. The van der Waals surface area contributed by atoms with E-state index in [0.717, 1.165) is 19.3 Å². The predicted octanol–water partition coefficient (Wildman–Crippen LogP) is 4.29. The zero-order chi connectivity index (χ0) is 17.0. The molecule has 1 aliphatic carbocycles. The summed E-state index contributed by atoms with van der Waals surface area (Å²) in [5, 5.41) is 3.10. The number of carbonyl (C=O) groups is 1. The highest BCUT2D eigenvalue weighted by atomic mass is 32.2. The average molecular weight is 346 g/mol. The van der Waals surface area contributed by atoms with E-state index in [1.165, 1.54) is 12.3 Å². The summed E-state index contributed by atoms with van der Waals surface area (Å²) in [6, 6.07) is 3.16. The van der Waals surface area contributed by atoms with E-state index in [1.54, 1.807) is 6.07 Å². The molecule has 0 unspecified atom stereocenters. The Morgan fingerprint density at radius 1 is 1.39 bits per heavy atom. The van der Waals surface area contributed by atoms with Crippen molar-refractivity contribution in [1.29, 1.82) is 0 Å². The molecule has 7 heteroatoms. The van der Waals surface area contributed by atoms with Crippen molar-refractivity contribution >= 4 is 17.7 Å². The van der Waals surface area contributed by atoms with Gasteiger partial charge in [0, 0.05) is 12.2 Å². The van der Waals surface area contributed by atoms with Crippen molar-refractivity contribution in [3.05, 3.63) is 23.9 Å². The van der Waals surface area contributed by atoms with Crippen molar-refractivity contribution in [2.24, 2.45) is 11.8 Å². The van der Waals surface area contributed by atoms with E-state index in [-0.39, 0.29) is 22.5 Å². The van der Waals surface area contributed by atoms with E-state index in [9.17, 15) is 18.0 Å². The minimum Gasteiger partial charge on any atom is -0.349 e. The molecule has 1 fully saturated rings. The topological polar surface area (TPSA) is 42.0 Å². The van der Waals surface area contributed by atoms with E-state index >= 15 is 0 Å². The van der Waals surface area contributed by atoms with Gasteiger partial charge in [0.2, 0.25) is 0 Å². The molecule has 128 valence electrons. The van der Waals surface area contributed by atoms with Gasteiger partial charge in [-0.3, -0.25) is 4.79 Å². The maximum atomic E-state index is 12.5. The first-order valence-corrected chi connectivity index (χ1v) is 8.72. The Balaban J connectivity index is 2.07. The molecule has 3 nitrogen and oxygen atoms in total. The van der Waals surface area contributed by atoms with Crippen LogP contribution in [0, 0.1) is 11.8 Å². The van der Waals surface area contributed by atoms with Gasteiger partial charge in [-0.25, -0.2) is 4.98 Å². The smallest absolute Gasteiger partial charge is 0.349 e. The fraction of sp³-hybridized carbons (Fsp3) is 0.625. The first-order chi connectivity index (χ1) is 10.8. The molecular formula is C16H21F3N2OS. The van der Waals surface area contributed by atoms with Gasteiger partial charge < -0.3 is 5.32 Å². The molecule has 0 bridgehead atoms. The SMILES string of the molecule is C[C@@H]1[C@H](C)CCC[C@@H]1NC(=O)c1cccnc1SCC(F)(F)F. The van der Waals surface area contributed by atoms with Gasteiger partial charge in [-0.15, -0.1) is 0 Å². The molecule has 1 amide bonds. The molecule has 1 aromatic rings. The van der Waals surface area contributed by atoms with Crippen LogP contribution < -0.4 is 5.32 Å². The van der Waals surface area contributed by atoms with Gasteiger partial charge in [-0.1, -0.05) is 38.5 Å². The number of halogens is 3. The largest absolute Gasteiger partial charge is 0.398 e. The van der Waals surface area contributed by atoms with E-state index in [2.05, 4.69) is 24.1 Å². The number of pyridine rings is 1. The van der Waals surface area contributed by atoms with Crippen LogP contribution in [0.4, 0.5) is 13.2 Å². The van der Waals surface area contributed by atoms with Crippen LogP contribution in [0.15, 0.2) is 23.4 Å². The van der Waals surface area contributed by atoms with Crippen molar-refractivity contribution in [3.63, 3.8) is 0 Å². The standard InChI is InChI=1S/C16H21F3N2OS/c1-10-5-3-7-13(11(10)2)21-14(22)12-6-4-8-20-15(12)23-9-16(17,18)19/h4,6,8,10-11,13H,3,5,7,9H2,1-2H3,(H,21,22)/t10-,11-,13+/m1/s1. The zero-order valence-electron chi connectivity index (χ0n) is 13.2. The average Bonchev–Trinajstić information content (AvgIpc) is 2.49. The van der Waals surface area contributed by atoms with Crippen molar-refractivity contribution in [3.8, 4) is 0 Å². The minimum absolute atomic E-state index is 0.0620. The number of nitrogens with zero attached hydrogens (tertiary/aromatic N) is 1. The molecule has 23 heavy (non-hydrogen) atoms. The molecule has 1 aliphatic rings. The van der Waals surface area contributed by atoms with Gasteiger partial charge in [0.15, 0.2) is 0 Å². The second-order valence-corrected chi connectivity index (χ2v) is 7.07. The highest BCUT2D eigenvalue weighted by Crippen LogP contribution is 2.31. The Morgan fingerprint density at radius 2 is 2.13 bits per heavy atom. The van der Waals surface area contributed by atoms with Gasteiger partial charge in [-0.05, 0) is 30.4 Å². The number of aromatic nitrogens is 1. The lowest BCUT2D eigenvalue weighted by atomic mass is 9.78. The summed E-state index contributed by atoms with van der Waals surface area (Å²) >= 11 is 0.549. The lowest BCUT2D eigenvalue weighted by molar-refractivity contribution is -0.105. The Kier molecular flexibility index (Phi) is 5.95. The maximum Gasteiger partial charge on any atom is 0.398 e. The summed E-state index contributed by atoms with van der Waals surface area (Å²) in [5.41, 5.74) is 0.215. The molecule has 1 aromatic heterocycles. The Morgan fingerprint density at radius 3 is 2.83 bits per heavy atom. The quantitative estimate of drug-likeness (QED) is 0.827. The van der Waals surface area contributed by atoms with Crippen molar-refractivity contribution in [2.45, 2.75) is 50.4 Å². The second-order valence-electron chi connectivity index (χ2n) is 6.11. The molecule has 0 aromatic carbocycles. The van der Waals surface area contributed by atoms with Crippen molar-refractivity contribution in [2.75, 3.05) is 5.75 Å². The lowest BCUT2D eigenvalue weighted by Crippen LogP contribution is -2.43. The molecular weight excluding hydrogens is 325 g/mol. The van der Waals surface area contributed by atoms with Crippen LogP contribution in [-0.4, -0.2) is 28.9 Å². The third kappa shape index (κ3) is 5.12. The number of carbonyl (C=O) groups excluding carboxylic acids is 1. The van der Waals surface area contributed by atoms with E-state index < -0.39 is 11.9 Å². The molecule has 0 saturated heterocycles. The van der Waals surface area contributed by atoms with E-state index in [4.69, 9.17) is 0 Å². The van der Waals surface area contributed by atoms with E-state index in [0.29, 0.717) is 23.6 Å². The van der Waals surface area contributed by atoms with Crippen LogP contribution in [0.25, 0.3) is 0 Å². The lowest BCUT2D eigenvalue weighted by Gasteiger charge is -2.34. The Labute approximate surface area is 138 Å². The molecule has 2 rings (SSSR count). The third-order valence-corrected chi connectivity index (χ3v) is 5.48. The number of hydrogen-bond donors (Lipinski definition) is 1. The van der Waals surface area contributed by atoms with Crippen LogP contribution >= 0.6 is 11.8 Å². The summed E-state index contributed by atoms with van der Waals surface area (Å²) in [6.07, 6.45) is 0.221. The second kappa shape index (κ2) is 7.55. The summed E-state index contributed by atoms with van der Waals surface area (Å²) in [6.45, 7) is 4.27. The fourth-order valence-electron chi connectivity index (χ4n) is 2.86. The molecule has 0 spiro atoms. The monoisotopic (exact) mass is 346 g/mol. The summed E-state index contributed by atoms with van der Waals surface area (Å²) in [7, 11) is 0. The Hall–Kier alpha value is -1.24. The highest BCUT2D eigenvalue weighted by molar-refractivity contribution is 7.99. The molecule has 1 saturated carbocycles. The molecule has 3 atom stereocenters. The predicted molar refractivity (Wildman–Crippen MR) is 84.4 cm³/mol. The van der Waals surface area contributed by atoms with Crippen LogP contribution in [0.3, 0.4) is 0 Å². The van der Waals surface area contributed by atoms with Crippen molar-refractivity contribution < 1.29 is 18.0 Å². The van der Waals surface area contributed by atoms with E-state index in [1.807, 2.05) is 0 Å². The number of amides is 1. The summed E-state index contributed by atoms with van der Waals surface area (Å²) < 4.78 is 37.2. The fourth-order valence-corrected chi connectivity index (χ4v) is 3.61. The van der Waals surface area contributed by atoms with Crippen LogP contribution in [0.1, 0.15) is 43.5 Å². The van der Waals surface area contributed by atoms with Gasteiger partial charge in [0.05, 0.1) is 11.3 Å². The normalized spacial score (nSPS) is 25.2. The van der Waals surface area contributed by atoms with Crippen molar-refractivity contribution in [1.82, 2.24) is 10.3 Å². The number of hydrogen-bond acceptors (Lipinski definition) is 3. The number of thioether (sulfide) groups is 1. The summed E-state index contributed by atoms with van der Waals surface area (Å²) in [4.78, 5) is 16.4. The van der Waals surface area contributed by atoms with Gasteiger partial charge in [-0.2, -0.15) is 13.2 Å². The first-order valence-electron chi connectivity index (χ1n) is 7.73. The van der Waals surface area contributed by atoms with Crippen LogP contribution in [0.5, 0.6) is 0 Å². The van der Waals surface area contributed by atoms with Gasteiger partial charge in [0.25, 0.3) is 5.91 Å². The highest BCUT2D eigenvalue weighted by Gasteiger charge is 2.31.